The molecule has 1 aromatic heterocycles. The Balaban J connectivity index is 2.01. The molecule has 0 unspecified atom stereocenters. The molecule has 0 aliphatic heterocycles. The third kappa shape index (κ3) is 3.12. The van der Waals surface area contributed by atoms with Crippen molar-refractivity contribution in [3.05, 3.63) is 55.6 Å². The molecule has 1 amide bonds. The second-order valence-electron chi connectivity index (χ2n) is 4.15. The second kappa shape index (κ2) is 5.70. The maximum atomic E-state index is 11.9. The number of hydrogen-bond acceptors (Lipinski definition) is 4. The molecule has 20 heavy (non-hydrogen) atoms. The maximum Gasteiger partial charge on any atom is 0.335 e. The van der Waals surface area contributed by atoms with Gasteiger partial charge < -0.3 is 15.4 Å². The van der Waals surface area contributed by atoms with Gasteiger partial charge in [0, 0.05) is 12.2 Å². The van der Waals surface area contributed by atoms with Gasteiger partial charge in [-0.25, -0.2) is 4.79 Å². The summed E-state index contributed by atoms with van der Waals surface area (Å²) in [4.78, 5) is 36.3. The average Bonchev–Trinajstić information content (AvgIpc) is 2.75. The van der Waals surface area contributed by atoms with Crippen molar-refractivity contribution >= 4 is 23.2 Å². The van der Waals surface area contributed by atoms with E-state index in [1.54, 1.807) is 19.1 Å². The van der Waals surface area contributed by atoms with E-state index in [9.17, 15) is 14.4 Å². The van der Waals surface area contributed by atoms with Gasteiger partial charge in [0.15, 0.2) is 0 Å². The van der Waals surface area contributed by atoms with Crippen molar-refractivity contribution in [3.8, 4) is 0 Å². The first-order valence-electron chi connectivity index (χ1n) is 5.77. The number of nitrogens with one attached hydrogen (secondary N) is 2. The number of amides is 1. The smallest absolute Gasteiger partial charge is 0.335 e. The van der Waals surface area contributed by atoms with Gasteiger partial charge in [0.05, 0.1) is 5.56 Å². The lowest BCUT2D eigenvalue weighted by atomic mass is 10.1. The van der Waals surface area contributed by atoms with Crippen LogP contribution in [0, 0.1) is 6.92 Å². The summed E-state index contributed by atoms with van der Waals surface area (Å²) < 4.78 is 0. The van der Waals surface area contributed by atoms with E-state index in [0.29, 0.717) is 10.6 Å². The molecule has 0 saturated heterocycles. The summed E-state index contributed by atoms with van der Waals surface area (Å²) in [6.45, 7) is 1.93. The number of carboxylic acid groups (broad SMARTS) is 1. The highest BCUT2D eigenvalue weighted by atomic mass is 32.1. The molecule has 0 spiro atoms. The molecule has 0 aliphatic carbocycles. The lowest BCUT2D eigenvalue weighted by Crippen LogP contribution is -2.22. The van der Waals surface area contributed by atoms with E-state index in [2.05, 4.69) is 10.3 Å². The molecule has 6 nitrogen and oxygen atoms in total. The van der Waals surface area contributed by atoms with Crippen LogP contribution in [0.4, 0.5) is 0 Å². The van der Waals surface area contributed by atoms with Gasteiger partial charge >= 0.3 is 10.8 Å². The van der Waals surface area contributed by atoms with Gasteiger partial charge in [0.2, 0.25) is 0 Å². The van der Waals surface area contributed by atoms with Crippen LogP contribution < -0.4 is 10.2 Å². The summed E-state index contributed by atoms with van der Waals surface area (Å²) >= 11 is 0.863. The lowest BCUT2D eigenvalue weighted by molar-refractivity contribution is 0.0696. The number of thiazole rings is 1. The van der Waals surface area contributed by atoms with Crippen molar-refractivity contribution < 1.29 is 14.7 Å². The highest BCUT2D eigenvalue weighted by molar-refractivity contribution is 7.11. The Morgan fingerprint density at radius 2 is 1.95 bits per heavy atom. The molecule has 2 rings (SSSR count). The van der Waals surface area contributed by atoms with E-state index in [0.717, 1.165) is 16.9 Å². The van der Waals surface area contributed by atoms with E-state index in [4.69, 9.17) is 5.11 Å². The maximum absolute atomic E-state index is 11.9. The largest absolute Gasteiger partial charge is 0.478 e. The van der Waals surface area contributed by atoms with Crippen LogP contribution in [0.15, 0.2) is 29.1 Å². The number of carboxylic acids is 1. The molecule has 2 aromatic rings. The predicted molar refractivity (Wildman–Crippen MR) is 74.2 cm³/mol. The normalized spacial score (nSPS) is 10.2. The Bertz CT molecular complexity index is 700. The molecule has 0 aliphatic rings. The van der Waals surface area contributed by atoms with Gasteiger partial charge in [-0.2, -0.15) is 0 Å². The van der Waals surface area contributed by atoms with E-state index >= 15 is 0 Å². The Morgan fingerprint density at radius 1 is 1.30 bits per heavy atom. The molecule has 104 valence electrons. The number of aromatic amines is 1. The molecule has 0 bridgehead atoms. The van der Waals surface area contributed by atoms with Crippen LogP contribution in [0.3, 0.4) is 0 Å². The minimum Gasteiger partial charge on any atom is -0.478 e. The quantitative estimate of drug-likeness (QED) is 0.792. The first kappa shape index (κ1) is 14.0. The monoisotopic (exact) mass is 292 g/mol. The Kier molecular flexibility index (Phi) is 3.99. The van der Waals surface area contributed by atoms with Crippen molar-refractivity contribution in [2.45, 2.75) is 13.5 Å². The molecule has 0 fully saturated rings. The summed E-state index contributed by atoms with van der Waals surface area (Å²) in [5.74, 6) is -1.32. The molecule has 0 atom stereocenters. The predicted octanol–water partition coefficient (Wildman–Crippen LogP) is 1.37. The van der Waals surface area contributed by atoms with Crippen molar-refractivity contribution in [3.63, 3.8) is 0 Å². The highest BCUT2D eigenvalue weighted by Gasteiger charge is 2.12. The molecule has 7 heteroatoms. The van der Waals surface area contributed by atoms with Crippen molar-refractivity contribution in [1.29, 1.82) is 0 Å². The van der Waals surface area contributed by atoms with E-state index in [1.165, 1.54) is 12.1 Å². The first-order valence-corrected chi connectivity index (χ1v) is 6.59. The van der Waals surface area contributed by atoms with Gasteiger partial charge in [0.25, 0.3) is 5.91 Å². The zero-order chi connectivity index (χ0) is 14.7. The third-order valence-corrected chi connectivity index (χ3v) is 3.67. The molecular formula is C13H12N2O4S. The fraction of sp³-hybridized carbons (Fsp3) is 0.154. The standard InChI is InChI=1S/C13H12N2O4S/c1-7-10(20-13(19)15-7)11(16)14-6-8-2-4-9(5-3-8)12(17)18/h2-5H,6H2,1H3,(H,14,16)(H,15,19)(H,17,18). The summed E-state index contributed by atoms with van der Waals surface area (Å²) in [6.07, 6.45) is 0. The molecule has 0 radical (unpaired) electrons. The number of carbonyl (C=O) groups excluding carboxylic acids is 1. The Labute approximate surface area is 118 Å². The average molecular weight is 292 g/mol. The zero-order valence-corrected chi connectivity index (χ0v) is 11.4. The second-order valence-corrected chi connectivity index (χ2v) is 5.14. The van der Waals surface area contributed by atoms with Gasteiger partial charge in [-0.05, 0) is 24.6 Å². The number of rotatable bonds is 4. The third-order valence-electron chi connectivity index (χ3n) is 2.69. The fourth-order valence-electron chi connectivity index (χ4n) is 1.65. The fourth-order valence-corrected chi connectivity index (χ4v) is 2.41. The van der Waals surface area contributed by atoms with Crippen molar-refractivity contribution in [2.75, 3.05) is 0 Å². The van der Waals surface area contributed by atoms with E-state index in [-0.39, 0.29) is 22.9 Å². The number of aromatic nitrogens is 1. The molecule has 3 N–H and O–H groups in total. The number of aromatic carboxylic acids is 1. The van der Waals surface area contributed by atoms with Crippen LogP contribution in [-0.4, -0.2) is 22.0 Å². The molecular weight excluding hydrogens is 280 g/mol. The Hall–Kier alpha value is -2.41. The lowest BCUT2D eigenvalue weighted by Gasteiger charge is -2.04. The summed E-state index contributed by atoms with van der Waals surface area (Å²) in [6, 6.07) is 6.22. The number of carbonyl (C=O) groups is 2. The summed E-state index contributed by atoms with van der Waals surface area (Å²) in [7, 11) is 0. The van der Waals surface area contributed by atoms with Crippen LogP contribution in [0.1, 0.15) is 31.3 Å². The number of H-pyrrole nitrogens is 1. The topological polar surface area (TPSA) is 99.3 Å². The Morgan fingerprint density at radius 3 is 2.45 bits per heavy atom. The van der Waals surface area contributed by atoms with Crippen LogP contribution in [0.5, 0.6) is 0 Å². The van der Waals surface area contributed by atoms with E-state index in [1.807, 2.05) is 0 Å². The van der Waals surface area contributed by atoms with Gasteiger partial charge in [-0.15, -0.1) is 0 Å². The summed E-state index contributed by atoms with van der Waals surface area (Å²) in [5, 5.41) is 11.5. The van der Waals surface area contributed by atoms with Crippen molar-refractivity contribution in [2.24, 2.45) is 0 Å². The molecule has 0 saturated carbocycles. The number of hydrogen-bond donors (Lipinski definition) is 3. The zero-order valence-electron chi connectivity index (χ0n) is 10.6. The van der Waals surface area contributed by atoms with Crippen LogP contribution in [0.2, 0.25) is 0 Å². The molecule has 1 heterocycles. The molecule has 1 aromatic carbocycles. The highest BCUT2D eigenvalue weighted by Crippen LogP contribution is 2.09. The van der Waals surface area contributed by atoms with Gasteiger partial charge in [-0.1, -0.05) is 23.5 Å². The van der Waals surface area contributed by atoms with Crippen LogP contribution in [0.25, 0.3) is 0 Å². The minimum atomic E-state index is -0.992. The SMILES string of the molecule is Cc1[nH]c(=O)sc1C(=O)NCc1ccc(C(=O)O)cc1. The van der Waals surface area contributed by atoms with Crippen LogP contribution >= 0.6 is 11.3 Å². The van der Waals surface area contributed by atoms with Crippen LogP contribution in [-0.2, 0) is 6.54 Å². The van der Waals surface area contributed by atoms with Gasteiger partial charge in [0.1, 0.15) is 4.88 Å². The first-order chi connectivity index (χ1) is 9.47. The van der Waals surface area contributed by atoms with E-state index < -0.39 is 5.97 Å². The summed E-state index contributed by atoms with van der Waals surface area (Å²) in [5.41, 5.74) is 1.52. The van der Waals surface area contributed by atoms with Crippen molar-refractivity contribution in [1.82, 2.24) is 10.3 Å². The number of benzene rings is 1. The minimum absolute atomic E-state index is 0.194. The number of aryl methyl sites for hydroxylation is 1. The van der Waals surface area contributed by atoms with Gasteiger partial charge in [-0.3, -0.25) is 9.59 Å².